The van der Waals surface area contributed by atoms with Gasteiger partial charge in [-0.15, -0.1) is 0 Å². The highest BCUT2D eigenvalue weighted by atomic mass is 35.5. The summed E-state index contributed by atoms with van der Waals surface area (Å²) in [6, 6.07) is 6.77. The van der Waals surface area contributed by atoms with Crippen molar-refractivity contribution in [1.82, 2.24) is 10.2 Å². The fraction of sp³-hybridized carbons (Fsp3) is 0.647. The van der Waals surface area contributed by atoms with Crippen molar-refractivity contribution in [2.75, 3.05) is 37.6 Å². The number of halogens is 1. The molecule has 4 heteroatoms. The predicted molar refractivity (Wildman–Crippen MR) is 92.4 cm³/mol. The Labute approximate surface area is 134 Å². The maximum Gasteiger partial charge on any atom is 0.0413 e. The van der Waals surface area contributed by atoms with Gasteiger partial charge in [0.25, 0.3) is 0 Å². The Morgan fingerprint density at radius 1 is 1.19 bits per heavy atom. The summed E-state index contributed by atoms with van der Waals surface area (Å²) in [7, 11) is 0. The Kier molecular flexibility index (Phi) is 6.34. The highest BCUT2D eigenvalue weighted by molar-refractivity contribution is 6.30. The molecule has 21 heavy (non-hydrogen) atoms. The van der Waals surface area contributed by atoms with Gasteiger partial charge in [-0.25, -0.2) is 0 Å². The molecular weight excluding hydrogens is 282 g/mol. The number of nitrogens with zero attached hydrogens (tertiary/aromatic N) is 2. The molecule has 1 fully saturated rings. The molecular formula is C17H28ClN3. The predicted octanol–water partition coefficient (Wildman–Crippen LogP) is 3.37. The second kappa shape index (κ2) is 8.02. The summed E-state index contributed by atoms with van der Waals surface area (Å²) >= 11 is 6.18. The van der Waals surface area contributed by atoms with Crippen molar-refractivity contribution in [3.8, 4) is 0 Å². The Morgan fingerprint density at radius 3 is 2.52 bits per heavy atom. The van der Waals surface area contributed by atoms with Crippen LogP contribution < -0.4 is 10.2 Å². The third kappa shape index (κ3) is 4.87. The molecule has 0 saturated carbocycles. The molecule has 0 unspecified atom stereocenters. The first-order valence-electron chi connectivity index (χ1n) is 8.09. The van der Waals surface area contributed by atoms with Crippen LogP contribution >= 0.6 is 11.6 Å². The summed E-state index contributed by atoms with van der Waals surface area (Å²) < 4.78 is 0. The largest absolute Gasteiger partial charge is 0.369 e. The number of nitrogens with one attached hydrogen (secondary N) is 1. The third-order valence-corrected chi connectivity index (χ3v) is 4.23. The normalized spacial score (nSPS) is 16.7. The maximum absolute atomic E-state index is 6.18. The molecule has 0 spiro atoms. The van der Waals surface area contributed by atoms with Gasteiger partial charge in [0.05, 0.1) is 0 Å². The van der Waals surface area contributed by atoms with E-state index in [1.807, 2.05) is 6.07 Å². The molecule has 1 aromatic carbocycles. The summed E-state index contributed by atoms with van der Waals surface area (Å²) in [6.07, 6.45) is 1.24. The first kappa shape index (κ1) is 16.6. The van der Waals surface area contributed by atoms with Crippen LogP contribution in [0, 0.1) is 0 Å². The van der Waals surface area contributed by atoms with E-state index in [-0.39, 0.29) is 0 Å². The molecule has 1 aliphatic rings. The zero-order valence-electron chi connectivity index (χ0n) is 13.5. The smallest absolute Gasteiger partial charge is 0.0413 e. The van der Waals surface area contributed by atoms with Gasteiger partial charge in [-0.2, -0.15) is 0 Å². The third-order valence-electron chi connectivity index (χ3n) is 4.00. The van der Waals surface area contributed by atoms with Crippen LogP contribution in [0.1, 0.15) is 32.8 Å². The van der Waals surface area contributed by atoms with Crippen LogP contribution in [0.15, 0.2) is 18.2 Å². The lowest BCUT2D eigenvalue weighted by atomic mass is 10.1. The molecule has 1 aliphatic heterocycles. The Bertz CT molecular complexity index is 440. The molecule has 0 bridgehead atoms. The minimum Gasteiger partial charge on any atom is -0.369 e. The van der Waals surface area contributed by atoms with Crippen molar-refractivity contribution in [3.05, 3.63) is 28.8 Å². The van der Waals surface area contributed by atoms with Gasteiger partial charge in [0.15, 0.2) is 0 Å². The SMILES string of the molecule is CCCN1CCN(c2ccc(Cl)cc2CNC(C)C)CC1. The van der Waals surface area contributed by atoms with Crippen LogP contribution in [0.3, 0.4) is 0 Å². The second-order valence-corrected chi connectivity index (χ2v) is 6.57. The van der Waals surface area contributed by atoms with E-state index in [0.717, 1.165) is 37.7 Å². The van der Waals surface area contributed by atoms with Gasteiger partial charge in [-0.05, 0) is 36.7 Å². The Hall–Kier alpha value is -0.770. The lowest BCUT2D eigenvalue weighted by molar-refractivity contribution is 0.258. The van der Waals surface area contributed by atoms with Crippen molar-refractivity contribution in [1.29, 1.82) is 0 Å². The zero-order valence-corrected chi connectivity index (χ0v) is 14.3. The number of benzene rings is 1. The molecule has 1 saturated heterocycles. The summed E-state index contributed by atoms with van der Waals surface area (Å²) in [4.78, 5) is 5.05. The number of hydrogen-bond acceptors (Lipinski definition) is 3. The molecule has 0 radical (unpaired) electrons. The molecule has 0 aliphatic carbocycles. The van der Waals surface area contributed by atoms with Crippen molar-refractivity contribution >= 4 is 17.3 Å². The fourth-order valence-corrected chi connectivity index (χ4v) is 3.04. The van der Waals surface area contributed by atoms with E-state index in [9.17, 15) is 0 Å². The lowest BCUT2D eigenvalue weighted by Gasteiger charge is -2.37. The fourth-order valence-electron chi connectivity index (χ4n) is 2.85. The summed E-state index contributed by atoms with van der Waals surface area (Å²) in [5.74, 6) is 0. The Morgan fingerprint density at radius 2 is 1.90 bits per heavy atom. The molecule has 0 aromatic heterocycles. The van der Waals surface area contributed by atoms with E-state index in [2.05, 4.69) is 48.0 Å². The van der Waals surface area contributed by atoms with Crippen LogP contribution in [0.5, 0.6) is 0 Å². The number of anilines is 1. The van der Waals surface area contributed by atoms with Crippen molar-refractivity contribution in [2.45, 2.75) is 39.8 Å². The van der Waals surface area contributed by atoms with E-state index < -0.39 is 0 Å². The summed E-state index contributed by atoms with van der Waals surface area (Å²) in [5.41, 5.74) is 2.64. The molecule has 118 valence electrons. The molecule has 2 rings (SSSR count). The minimum absolute atomic E-state index is 0.484. The topological polar surface area (TPSA) is 18.5 Å². The van der Waals surface area contributed by atoms with Gasteiger partial charge >= 0.3 is 0 Å². The van der Waals surface area contributed by atoms with Gasteiger partial charge in [0.1, 0.15) is 0 Å². The van der Waals surface area contributed by atoms with Gasteiger partial charge in [0, 0.05) is 49.5 Å². The summed E-state index contributed by atoms with van der Waals surface area (Å²) in [6.45, 7) is 13.2. The first-order chi connectivity index (χ1) is 10.1. The lowest BCUT2D eigenvalue weighted by Crippen LogP contribution is -2.47. The highest BCUT2D eigenvalue weighted by Gasteiger charge is 2.18. The summed E-state index contributed by atoms with van der Waals surface area (Å²) in [5, 5.41) is 4.32. The maximum atomic E-state index is 6.18. The van der Waals surface area contributed by atoms with Gasteiger partial charge in [-0.1, -0.05) is 32.4 Å². The molecule has 1 heterocycles. The number of hydrogen-bond donors (Lipinski definition) is 1. The quantitative estimate of drug-likeness (QED) is 0.869. The average molecular weight is 310 g/mol. The van der Waals surface area contributed by atoms with Crippen molar-refractivity contribution in [3.63, 3.8) is 0 Å². The van der Waals surface area contributed by atoms with Crippen LogP contribution in [0.25, 0.3) is 0 Å². The Balaban J connectivity index is 2.05. The minimum atomic E-state index is 0.484. The highest BCUT2D eigenvalue weighted by Crippen LogP contribution is 2.25. The zero-order chi connectivity index (χ0) is 15.2. The van der Waals surface area contributed by atoms with Crippen LogP contribution in [-0.4, -0.2) is 43.7 Å². The van der Waals surface area contributed by atoms with Crippen LogP contribution in [0.4, 0.5) is 5.69 Å². The van der Waals surface area contributed by atoms with Gasteiger partial charge < -0.3 is 10.2 Å². The van der Waals surface area contributed by atoms with E-state index in [0.29, 0.717) is 6.04 Å². The van der Waals surface area contributed by atoms with Gasteiger partial charge in [0.2, 0.25) is 0 Å². The number of rotatable bonds is 6. The monoisotopic (exact) mass is 309 g/mol. The van der Waals surface area contributed by atoms with Crippen molar-refractivity contribution < 1.29 is 0 Å². The molecule has 0 atom stereocenters. The average Bonchev–Trinajstić information content (AvgIpc) is 2.46. The first-order valence-corrected chi connectivity index (χ1v) is 8.47. The standard InChI is InChI=1S/C17H28ClN3/c1-4-7-20-8-10-21(11-9-20)17-6-5-16(18)12-15(17)13-19-14(2)3/h5-6,12,14,19H,4,7-11,13H2,1-3H3. The van der Waals surface area contributed by atoms with E-state index in [1.54, 1.807) is 0 Å². The molecule has 3 nitrogen and oxygen atoms in total. The van der Waals surface area contributed by atoms with E-state index in [1.165, 1.54) is 24.2 Å². The molecule has 1 N–H and O–H groups in total. The van der Waals surface area contributed by atoms with Crippen molar-refractivity contribution in [2.24, 2.45) is 0 Å². The van der Waals surface area contributed by atoms with E-state index >= 15 is 0 Å². The van der Waals surface area contributed by atoms with Gasteiger partial charge in [-0.3, -0.25) is 4.90 Å². The number of piperazine rings is 1. The second-order valence-electron chi connectivity index (χ2n) is 6.14. The molecule has 1 aromatic rings. The molecule has 0 amide bonds. The van der Waals surface area contributed by atoms with Crippen LogP contribution in [-0.2, 0) is 6.54 Å². The van der Waals surface area contributed by atoms with Crippen LogP contribution in [0.2, 0.25) is 5.02 Å². The van der Waals surface area contributed by atoms with E-state index in [4.69, 9.17) is 11.6 Å².